The number of nitrogens with one attached hydrogen (secondary N) is 1. The number of carbonyl (C=O) groups excluding carboxylic acids is 2. The van der Waals surface area contributed by atoms with Crippen molar-refractivity contribution in [3.8, 4) is 0 Å². The van der Waals surface area contributed by atoms with Gasteiger partial charge in [-0.25, -0.2) is 4.39 Å². The van der Waals surface area contributed by atoms with Crippen molar-refractivity contribution in [1.82, 2.24) is 5.32 Å². The molecule has 0 saturated carbocycles. The fourth-order valence-electron chi connectivity index (χ4n) is 1.83. The molecule has 2 rings (SSSR count). The zero-order valence-electron chi connectivity index (χ0n) is 9.66. The summed E-state index contributed by atoms with van der Waals surface area (Å²) >= 11 is 0. The molecule has 5 heteroatoms. The normalized spacial score (nSPS) is 20.4. The topological polar surface area (TPSA) is 49.4 Å². The van der Waals surface area contributed by atoms with Crippen LogP contribution in [0.2, 0.25) is 0 Å². The lowest BCUT2D eigenvalue weighted by molar-refractivity contribution is -0.130. The average molecular weight is 236 g/mol. The molecule has 0 radical (unpaired) electrons. The lowest BCUT2D eigenvalue weighted by Crippen LogP contribution is -2.57. The molecule has 1 heterocycles. The predicted octanol–water partition coefficient (Wildman–Crippen LogP) is 0.985. The first-order chi connectivity index (χ1) is 8.00. The standard InChI is InChI=1S/C12H13FN2O2/c1-7-3-4-9(5-10(7)13)15-8(2)12(17)14-6-11(15)16/h3-5,8H,6H2,1-2H3,(H,14,17). The van der Waals surface area contributed by atoms with Crippen LogP contribution >= 0.6 is 0 Å². The van der Waals surface area contributed by atoms with Crippen LogP contribution in [0.3, 0.4) is 0 Å². The van der Waals surface area contributed by atoms with Gasteiger partial charge in [0.05, 0.1) is 6.54 Å². The van der Waals surface area contributed by atoms with E-state index < -0.39 is 6.04 Å². The molecule has 1 saturated heterocycles. The van der Waals surface area contributed by atoms with Crippen LogP contribution in [0.1, 0.15) is 12.5 Å². The number of anilines is 1. The first-order valence-electron chi connectivity index (χ1n) is 5.36. The molecule has 1 fully saturated rings. The summed E-state index contributed by atoms with van der Waals surface area (Å²) in [7, 11) is 0. The van der Waals surface area contributed by atoms with Gasteiger partial charge in [0.25, 0.3) is 0 Å². The van der Waals surface area contributed by atoms with Gasteiger partial charge < -0.3 is 5.32 Å². The van der Waals surface area contributed by atoms with Crippen molar-refractivity contribution in [3.05, 3.63) is 29.6 Å². The molecular weight excluding hydrogens is 223 g/mol. The van der Waals surface area contributed by atoms with Crippen LogP contribution in [-0.4, -0.2) is 24.4 Å². The van der Waals surface area contributed by atoms with E-state index >= 15 is 0 Å². The van der Waals surface area contributed by atoms with Crippen molar-refractivity contribution in [2.75, 3.05) is 11.4 Å². The lowest BCUT2D eigenvalue weighted by atomic mass is 10.1. The number of piperazine rings is 1. The van der Waals surface area contributed by atoms with Crippen LogP contribution in [0.25, 0.3) is 0 Å². The van der Waals surface area contributed by atoms with E-state index in [2.05, 4.69) is 5.32 Å². The molecule has 1 atom stereocenters. The molecule has 1 aromatic carbocycles. The fourth-order valence-corrected chi connectivity index (χ4v) is 1.83. The first kappa shape index (κ1) is 11.6. The summed E-state index contributed by atoms with van der Waals surface area (Å²) in [6, 6.07) is 3.91. The maximum atomic E-state index is 13.4. The van der Waals surface area contributed by atoms with Crippen molar-refractivity contribution >= 4 is 17.5 Å². The van der Waals surface area contributed by atoms with E-state index in [1.807, 2.05) is 0 Å². The Morgan fingerprint density at radius 3 is 2.76 bits per heavy atom. The van der Waals surface area contributed by atoms with Crippen molar-refractivity contribution in [1.29, 1.82) is 0 Å². The molecule has 1 aliphatic heterocycles. The van der Waals surface area contributed by atoms with E-state index in [-0.39, 0.29) is 24.2 Å². The van der Waals surface area contributed by atoms with Gasteiger partial charge in [0.2, 0.25) is 11.8 Å². The molecule has 4 nitrogen and oxygen atoms in total. The Bertz CT molecular complexity index is 487. The first-order valence-corrected chi connectivity index (χ1v) is 5.36. The minimum Gasteiger partial charge on any atom is -0.345 e. The Balaban J connectivity index is 2.39. The van der Waals surface area contributed by atoms with Gasteiger partial charge in [-0.1, -0.05) is 6.07 Å². The van der Waals surface area contributed by atoms with Crippen LogP contribution in [-0.2, 0) is 9.59 Å². The number of nitrogens with zero attached hydrogens (tertiary/aromatic N) is 1. The molecule has 0 aromatic heterocycles. The maximum Gasteiger partial charge on any atom is 0.247 e. The molecule has 2 amide bonds. The number of aryl methyl sites for hydroxylation is 1. The molecule has 1 aromatic rings. The number of hydrogen-bond acceptors (Lipinski definition) is 2. The Kier molecular flexibility index (Phi) is 2.83. The van der Waals surface area contributed by atoms with Crippen molar-refractivity contribution in [2.45, 2.75) is 19.9 Å². The summed E-state index contributed by atoms with van der Waals surface area (Å²) in [5.41, 5.74) is 0.927. The molecule has 1 N–H and O–H groups in total. The Labute approximate surface area is 98.4 Å². The van der Waals surface area contributed by atoms with Crippen molar-refractivity contribution in [3.63, 3.8) is 0 Å². The summed E-state index contributed by atoms with van der Waals surface area (Å²) in [6.45, 7) is 3.22. The molecule has 90 valence electrons. The zero-order chi connectivity index (χ0) is 12.6. The minimum absolute atomic E-state index is 0.0430. The highest BCUT2D eigenvalue weighted by atomic mass is 19.1. The highest BCUT2D eigenvalue weighted by Gasteiger charge is 2.32. The van der Waals surface area contributed by atoms with E-state index in [9.17, 15) is 14.0 Å². The monoisotopic (exact) mass is 236 g/mol. The third-order valence-electron chi connectivity index (χ3n) is 2.88. The second kappa shape index (κ2) is 4.16. The lowest BCUT2D eigenvalue weighted by Gasteiger charge is -2.32. The predicted molar refractivity (Wildman–Crippen MR) is 61.1 cm³/mol. The van der Waals surface area contributed by atoms with Gasteiger partial charge >= 0.3 is 0 Å². The van der Waals surface area contributed by atoms with Gasteiger partial charge in [-0.15, -0.1) is 0 Å². The van der Waals surface area contributed by atoms with Crippen LogP contribution in [0.15, 0.2) is 18.2 Å². The summed E-state index contributed by atoms with van der Waals surface area (Å²) < 4.78 is 13.4. The van der Waals surface area contributed by atoms with E-state index in [0.717, 1.165) is 0 Å². The number of amides is 2. The number of rotatable bonds is 1. The Hall–Kier alpha value is -1.91. The molecule has 1 aliphatic rings. The van der Waals surface area contributed by atoms with Crippen LogP contribution < -0.4 is 10.2 Å². The van der Waals surface area contributed by atoms with E-state index in [4.69, 9.17) is 0 Å². The highest BCUT2D eigenvalue weighted by molar-refractivity contribution is 6.06. The van der Waals surface area contributed by atoms with E-state index in [1.54, 1.807) is 26.0 Å². The number of carbonyl (C=O) groups is 2. The van der Waals surface area contributed by atoms with Gasteiger partial charge in [-0.05, 0) is 31.5 Å². The van der Waals surface area contributed by atoms with Crippen LogP contribution in [0.4, 0.5) is 10.1 Å². The highest BCUT2D eigenvalue weighted by Crippen LogP contribution is 2.22. The van der Waals surface area contributed by atoms with Crippen LogP contribution in [0, 0.1) is 12.7 Å². The largest absolute Gasteiger partial charge is 0.345 e. The Morgan fingerprint density at radius 1 is 1.41 bits per heavy atom. The third kappa shape index (κ3) is 2.00. The average Bonchev–Trinajstić information content (AvgIpc) is 2.29. The quantitative estimate of drug-likeness (QED) is 0.790. The summed E-state index contributed by atoms with van der Waals surface area (Å²) in [6.07, 6.45) is 0. The summed E-state index contributed by atoms with van der Waals surface area (Å²) in [4.78, 5) is 24.5. The number of hydrogen-bond donors (Lipinski definition) is 1. The molecule has 1 unspecified atom stereocenters. The molecule has 0 aliphatic carbocycles. The zero-order valence-corrected chi connectivity index (χ0v) is 9.66. The third-order valence-corrected chi connectivity index (χ3v) is 2.88. The maximum absolute atomic E-state index is 13.4. The van der Waals surface area contributed by atoms with E-state index in [1.165, 1.54) is 11.0 Å². The van der Waals surface area contributed by atoms with Crippen LogP contribution in [0.5, 0.6) is 0 Å². The van der Waals surface area contributed by atoms with Crippen molar-refractivity contribution < 1.29 is 14.0 Å². The molecule has 17 heavy (non-hydrogen) atoms. The Morgan fingerprint density at radius 2 is 2.12 bits per heavy atom. The SMILES string of the molecule is Cc1ccc(N2C(=O)CNC(=O)C2C)cc1F. The second-order valence-corrected chi connectivity index (χ2v) is 4.09. The molecule has 0 spiro atoms. The fraction of sp³-hybridized carbons (Fsp3) is 0.333. The number of benzene rings is 1. The van der Waals surface area contributed by atoms with Gasteiger partial charge in [0.15, 0.2) is 0 Å². The van der Waals surface area contributed by atoms with Gasteiger partial charge in [0.1, 0.15) is 11.9 Å². The van der Waals surface area contributed by atoms with Gasteiger partial charge in [-0.2, -0.15) is 0 Å². The second-order valence-electron chi connectivity index (χ2n) is 4.09. The van der Waals surface area contributed by atoms with E-state index in [0.29, 0.717) is 11.3 Å². The van der Waals surface area contributed by atoms with Gasteiger partial charge in [-0.3, -0.25) is 14.5 Å². The van der Waals surface area contributed by atoms with Gasteiger partial charge in [0, 0.05) is 5.69 Å². The molecular formula is C12H13FN2O2. The number of halogens is 1. The van der Waals surface area contributed by atoms with Crippen molar-refractivity contribution in [2.24, 2.45) is 0 Å². The summed E-state index contributed by atoms with van der Waals surface area (Å²) in [5, 5.41) is 2.48. The minimum atomic E-state index is -0.613. The smallest absolute Gasteiger partial charge is 0.247 e. The summed E-state index contributed by atoms with van der Waals surface area (Å²) in [5.74, 6) is -0.848. The molecule has 0 bridgehead atoms.